The van der Waals surface area contributed by atoms with E-state index in [1.165, 1.54) is 10.4 Å². The van der Waals surface area contributed by atoms with Crippen LogP contribution >= 0.6 is 0 Å². The smallest absolute Gasteiger partial charge is 0.257 e. The van der Waals surface area contributed by atoms with Crippen molar-refractivity contribution in [1.82, 2.24) is 9.62 Å². The van der Waals surface area contributed by atoms with Gasteiger partial charge in [-0.05, 0) is 55.5 Å². The Kier molecular flexibility index (Phi) is 8.04. The van der Waals surface area contributed by atoms with Gasteiger partial charge < -0.3 is 10.6 Å². The third-order valence-corrected chi connectivity index (χ3v) is 7.85. The van der Waals surface area contributed by atoms with Crippen LogP contribution in [0.2, 0.25) is 0 Å². The molecule has 0 radical (unpaired) electrons. The highest BCUT2D eigenvalue weighted by Gasteiger charge is 2.30. The number of piperidine rings is 1. The van der Waals surface area contributed by atoms with Crippen LogP contribution in [0.5, 0.6) is 0 Å². The number of sulfonamides is 1. The van der Waals surface area contributed by atoms with Gasteiger partial charge in [-0.1, -0.05) is 32.4 Å². The minimum atomic E-state index is -3.72. The van der Waals surface area contributed by atoms with Gasteiger partial charge in [0.1, 0.15) is 23.2 Å². The highest BCUT2D eigenvalue weighted by atomic mass is 32.2. The molecule has 2 amide bonds. The van der Waals surface area contributed by atoms with E-state index < -0.39 is 51.0 Å². The van der Waals surface area contributed by atoms with Crippen molar-refractivity contribution in [2.24, 2.45) is 5.92 Å². The molecular formula is C24H29F2N3O4S. The second-order valence-corrected chi connectivity index (χ2v) is 10.6. The Bertz CT molecular complexity index is 1160. The van der Waals surface area contributed by atoms with Crippen molar-refractivity contribution in [3.8, 4) is 0 Å². The Morgan fingerprint density at radius 2 is 1.62 bits per heavy atom. The number of benzene rings is 2. The molecule has 1 unspecified atom stereocenters. The first-order valence-electron chi connectivity index (χ1n) is 11.2. The van der Waals surface area contributed by atoms with Gasteiger partial charge in [0.25, 0.3) is 5.91 Å². The zero-order valence-corrected chi connectivity index (χ0v) is 20.2. The summed E-state index contributed by atoms with van der Waals surface area (Å²) in [6, 6.07) is 6.50. The number of aryl methyl sites for hydroxylation is 1. The summed E-state index contributed by atoms with van der Waals surface area (Å²) in [6.45, 7) is 5.93. The van der Waals surface area contributed by atoms with Gasteiger partial charge in [-0.3, -0.25) is 9.59 Å². The minimum absolute atomic E-state index is 0.103. The summed E-state index contributed by atoms with van der Waals surface area (Å²) in [7, 11) is -3.72. The monoisotopic (exact) mass is 493 g/mol. The topological polar surface area (TPSA) is 95.6 Å². The molecule has 0 aliphatic carbocycles. The average molecular weight is 494 g/mol. The highest BCUT2D eigenvalue weighted by molar-refractivity contribution is 7.89. The molecule has 0 aromatic heterocycles. The molecule has 1 heterocycles. The van der Waals surface area contributed by atoms with Gasteiger partial charge in [-0.2, -0.15) is 4.31 Å². The molecule has 1 fully saturated rings. The van der Waals surface area contributed by atoms with E-state index in [-0.39, 0.29) is 10.6 Å². The number of halogens is 2. The fourth-order valence-corrected chi connectivity index (χ4v) is 5.65. The van der Waals surface area contributed by atoms with Crippen molar-refractivity contribution in [2.45, 2.75) is 51.0 Å². The predicted octanol–water partition coefficient (Wildman–Crippen LogP) is 3.84. The lowest BCUT2D eigenvalue weighted by molar-refractivity contribution is -0.118. The molecule has 3 rings (SSSR count). The second-order valence-electron chi connectivity index (χ2n) is 8.73. The molecule has 0 bridgehead atoms. The highest BCUT2D eigenvalue weighted by Crippen LogP contribution is 2.26. The van der Waals surface area contributed by atoms with E-state index >= 15 is 0 Å². The van der Waals surface area contributed by atoms with Crippen molar-refractivity contribution >= 4 is 27.5 Å². The number of nitrogens with one attached hydrogen (secondary N) is 2. The van der Waals surface area contributed by atoms with Gasteiger partial charge in [0, 0.05) is 18.8 Å². The van der Waals surface area contributed by atoms with Crippen molar-refractivity contribution in [3.63, 3.8) is 0 Å². The van der Waals surface area contributed by atoms with Crippen LogP contribution in [0.25, 0.3) is 0 Å². The van der Waals surface area contributed by atoms with E-state index in [4.69, 9.17) is 0 Å². The van der Waals surface area contributed by atoms with Crippen LogP contribution in [-0.2, 0) is 14.8 Å². The molecule has 2 N–H and O–H groups in total. The van der Waals surface area contributed by atoms with E-state index in [0.29, 0.717) is 18.7 Å². The van der Waals surface area contributed by atoms with Gasteiger partial charge in [0.2, 0.25) is 15.9 Å². The van der Waals surface area contributed by atoms with Gasteiger partial charge in [0.15, 0.2) is 0 Å². The number of hydrogen-bond donors (Lipinski definition) is 2. The van der Waals surface area contributed by atoms with Crippen LogP contribution in [0.15, 0.2) is 41.3 Å². The van der Waals surface area contributed by atoms with E-state index in [1.807, 2.05) is 0 Å². The van der Waals surface area contributed by atoms with Crippen LogP contribution in [0.3, 0.4) is 0 Å². The van der Waals surface area contributed by atoms with Crippen LogP contribution in [0, 0.1) is 24.5 Å². The molecule has 184 valence electrons. The van der Waals surface area contributed by atoms with Crippen molar-refractivity contribution in [1.29, 1.82) is 0 Å². The fraction of sp³-hybridized carbons (Fsp3) is 0.417. The zero-order chi connectivity index (χ0) is 25.0. The summed E-state index contributed by atoms with van der Waals surface area (Å²) in [5.74, 6) is -4.18. The van der Waals surface area contributed by atoms with Crippen molar-refractivity contribution in [3.05, 3.63) is 59.2 Å². The summed E-state index contributed by atoms with van der Waals surface area (Å²) in [5.41, 5.74) is 0.0154. The molecule has 7 nitrogen and oxygen atoms in total. The van der Waals surface area contributed by atoms with Crippen LogP contribution < -0.4 is 10.6 Å². The maximum Gasteiger partial charge on any atom is 0.257 e. The minimum Gasteiger partial charge on any atom is -0.340 e. The Balaban J connectivity index is 1.81. The van der Waals surface area contributed by atoms with Gasteiger partial charge in [-0.15, -0.1) is 0 Å². The van der Waals surface area contributed by atoms with E-state index in [9.17, 15) is 26.8 Å². The molecule has 0 saturated carbocycles. The first-order valence-corrected chi connectivity index (χ1v) is 12.6. The quantitative estimate of drug-likeness (QED) is 0.613. The summed E-state index contributed by atoms with van der Waals surface area (Å²) in [5, 5.41) is 5.01. The van der Waals surface area contributed by atoms with Gasteiger partial charge in [0.05, 0.1) is 4.90 Å². The summed E-state index contributed by atoms with van der Waals surface area (Å²) in [4.78, 5) is 25.6. The molecule has 0 spiro atoms. The lowest BCUT2D eigenvalue weighted by Gasteiger charge is -2.27. The molecule has 1 aliphatic rings. The Hall–Kier alpha value is -2.85. The Labute approximate surface area is 198 Å². The van der Waals surface area contributed by atoms with Gasteiger partial charge >= 0.3 is 0 Å². The number of rotatable bonds is 7. The largest absolute Gasteiger partial charge is 0.340 e. The zero-order valence-electron chi connectivity index (χ0n) is 19.4. The van der Waals surface area contributed by atoms with Crippen molar-refractivity contribution in [2.75, 3.05) is 18.4 Å². The number of nitrogens with zero attached hydrogens (tertiary/aromatic N) is 1. The fourth-order valence-electron chi connectivity index (χ4n) is 3.88. The molecule has 2 aromatic rings. The SMILES string of the molecule is Cc1ccc(NC(=O)C(NC(=O)c2c(F)cccc2F)C(C)C)cc1S(=O)(=O)N1CCCCC1. The molecule has 1 saturated heterocycles. The first kappa shape index (κ1) is 25.8. The lowest BCUT2D eigenvalue weighted by Crippen LogP contribution is -2.47. The van der Waals surface area contributed by atoms with E-state index in [0.717, 1.165) is 37.5 Å². The maximum absolute atomic E-state index is 14.0. The lowest BCUT2D eigenvalue weighted by atomic mass is 10.0. The molecule has 10 heteroatoms. The van der Waals surface area contributed by atoms with E-state index in [2.05, 4.69) is 10.6 Å². The van der Waals surface area contributed by atoms with Crippen molar-refractivity contribution < 1.29 is 26.8 Å². The summed E-state index contributed by atoms with van der Waals surface area (Å²) in [6.07, 6.45) is 2.58. The Morgan fingerprint density at radius 3 is 2.21 bits per heavy atom. The molecular weight excluding hydrogens is 464 g/mol. The first-order chi connectivity index (χ1) is 16.0. The number of anilines is 1. The number of carbonyl (C=O) groups excluding carboxylic acids is 2. The number of carbonyl (C=O) groups is 2. The second kappa shape index (κ2) is 10.6. The summed E-state index contributed by atoms with van der Waals surface area (Å²) >= 11 is 0. The van der Waals surface area contributed by atoms with E-state index in [1.54, 1.807) is 32.9 Å². The summed E-state index contributed by atoms with van der Waals surface area (Å²) < 4.78 is 55.7. The predicted molar refractivity (Wildman–Crippen MR) is 125 cm³/mol. The maximum atomic E-state index is 14.0. The standard InChI is InChI=1S/C24H29F2N3O4S/c1-15(2)22(28-23(30)21-18(25)8-7-9-19(21)26)24(31)27-17-11-10-16(3)20(14-17)34(32,33)29-12-5-4-6-13-29/h7-11,14-15,22H,4-6,12-13H2,1-3H3,(H,27,31)(H,28,30). The molecule has 1 aliphatic heterocycles. The third kappa shape index (κ3) is 5.61. The average Bonchev–Trinajstić information content (AvgIpc) is 2.78. The van der Waals surface area contributed by atoms with Gasteiger partial charge in [-0.25, -0.2) is 17.2 Å². The van der Waals surface area contributed by atoms with Crippen LogP contribution in [0.4, 0.5) is 14.5 Å². The third-order valence-electron chi connectivity index (χ3n) is 5.81. The Morgan fingerprint density at radius 1 is 1.00 bits per heavy atom. The van der Waals surface area contributed by atoms with Crippen LogP contribution in [-0.4, -0.2) is 43.7 Å². The van der Waals surface area contributed by atoms with Crippen LogP contribution in [0.1, 0.15) is 49.0 Å². The molecule has 34 heavy (non-hydrogen) atoms. The molecule has 1 atom stereocenters. The normalized spacial score (nSPS) is 15.7. The molecule has 2 aromatic carbocycles. The number of amides is 2. The number of hydrogen-bond acceptors (Lipinski definition) is 4.